The number of aliphatic carboxylic acids is 1. The highest BCUT2D eigenvalue weighted by atomic mass is 16.4. The fourth-order valence-corrected chi connectivity index (χ4v) is 4.10. The molecule has 2 saturated heterocycles. The van der Waals surface area contributed by atoms with Crippen molar-refractivity contribution in [3.63, 3.8) is 0 Å². The zero-order chi connectivity index (χ0) is 13.6. The number of amides is 2. The molecule has 0 aromatic heterocycles. The molecule has 4 unspecified atom stereocenters. The van der Waals surface area contributed by atoms with Gasteiger partial charge in [0.25, 0.3) is 0 Å². The highest BCUT2D eigenvalue weighted by Crippen LogP contribution is 2.38. The van der Waals surface area contributed by atoms with E-state index in [0.717, 1.165) is 32.2 Å². The Morgan fingerprint density at radius 3 is 2.53 bits per heavy atom. The molecule has 5 heteroatoms. The lowest BCUT2D eigenvalue weighted by Crippen LogP contribution is -2.57. The quantitative estimate of drug-likeness (QED) is 0.787. The molecule has 0 aromatic carbocycles. The Hall–Kier alpha value is -1.26. The highest BCUT2D eigenvalue weighted by molar-refractivity contribution is 5.83. The van der Waals surface area contributed by atoms with Crippen molar-refractivity contribution in [2.24, 2.45) is 11.8 Å². The zero-order valence-electron chi connectivity index (χ0n) is 11.4. The number of likely N-dealkylation sites (tertiary alicyclic amines) is 2. The van der Waals surface area contributed by atoms with E-state index >= 15 is 0 Å². The van der Waals surface area contributed by atoms with Crippen LogP contribution in [0.15, 0.2) is 0 Å². The topological polar surface area (TPSA) is 60.9 Å². The molecule has 0 radical (unpaired) electrons. The molecule has 2 heterocycles. The average molecular weight is 266 g/mol. The van der Waals surface area contributed by atoms with Crippen LogP contribution in [-0.4, -0.2) is 52.1 Å². The van der Waals surface area contributed by atoms with E-state index in [4.69, 9.17) is 0 Å². The average Bonchev–Trinajstić information content (AvgIpc) is 2.99. The van der Waals surface area contributed by atoms with Gasteiger partial charge in [-0.1, -0.05) is 6.92 Å². The van der Waals surface area contributed by atoms with Gasteiger partial charge in [0.1, 0.15) is 6.04 Å². The number of carbonyl (C=O) groups excluding carboxylic acids is 1. The summed E-state index contributed by atoms with van der Waals surface area (Å²) in [6.45, 7) is 3.36. The minimum absolute atomic E-state index is 0.0360. The first-order valence-corrected chi connectivity index (χ1v) is 7.38. The Bertz CT molecular complexity index is 398. The normalized spacial score (nSPS) is 37.7. The molecule has 0 aromatic rings. The van der Waals surface area contributed by atoms with Gasteiger partial charge in [0.2, 0.25) is 0 Å². The van der Waals surface area contributed by atoms with Gasteiger partial charge in [-0.25, -0.2) is 9.59 Å². The van der Waals surface area contributed by atoms with Gasteiger partial charge < -0.3 is 14.9 Å². The van der Waals surface area contributed by atoms with Crippen molar-refractivity contribution in [2.75, 3.05) is 13.1 Å². The van der Waals surface area contributed by atoms with E-state index in [1.807, 2.05) is 11.8 Å². The maximum absolute atomic E-state index is 12.6. The number of nitrogens with zero attached hydrogens (tertiary/aromatic N) is 2. The molecule has 4 atom stereocenters. The number of carboxylic acids is 1. The molecular weight excluding hydrogens is 244 g/mol. The van der Waals surface area contributed by atoms with Crippen LogP contribution in [0.1, 0.15) is 39.0 Å². The predicted molar refractivity (Wildman–Crippen MR) is 69.8 cm³/mol. The summed E-state index contributed by atoms with van der Waals surface area (Å²) >= 11 is 0. The van der Waals surface area contributed by atoms with Crippen LogP contribution in [0, 0.1) is 11.8 Å². The fraction of sp³-hybridized carbons (Fsp3) is 0.857. The zero-order valence-corrected chi connectivity index (χ0v) is 11.4. The Kier molecular flexibility index (Phi) is 3.15. The molecule has 106 valence electrons. The van der Waals surface area contributed by atoms with Crippen molar-refractivity contribution in [1.29, 1.82) is 0 Å². The number of fused-ring (bicyclic) bond motifs is 2. The molecule has 3 rings (SSSR count). The minimum Gasteiger partial charge on any atom is -0.480 e. The summed E-state index contributed by atoms with van der Waals surface area (Å²) < 4.78 is 0. The molecule has 3 fully saturated rings. The Balaban J connectivity index is 1.76. The first-order valence-electron chi connectivity index (χ1n) is 7.38. The van der Waals surface area contributed by atoms with Gasteiger partial charge in [-0.15, -0.1) is 0 Å². The largest absolute Gasteiger partial charge is 0.480 e. The van der Waals surface area contributed by atoms with Gasteiger partial charge in [0.05, 0.1) is 0 Å². The molecule has 2 amide bonds. The molecule has 0 spiro atoms. The predicted octanol–water partition coefficient (Wildman–Crippen LogP) is 1.78. The first kappa shape index (κ1) is 12.8. The third kappa shape index (κ3) is 2.09. The number of piperidine rings is 2. The number of carboxylic acid groups (broad SMARTS) is 1. The molecule has 3 aliphatic rings. The van der Waals surface area contributed by atoms with Crippen molar-refractivity contribution in [3.05, 3.63) is 0 Å². The maximum Gasteiger partial charge on any atom is 0.326 e. The molecule has 5 nitrogen and oxygen atoms in total. The molecule has 2 aliphatic heterocycles. The molecule has 2 bridgehead atoms. The maximum atomic E-state index is 12.6. The summed E-state index contributed by atoms with van der Waals surface area (Å²) in [5.41, 5.74) is 0. The third-order valence-electron chi connectivity index (χ3n) is 5.09. The van der Waals surface area contributed by atoms with Crippen LogP contribution >= 0.6 is 0 Å². The van der Waals surface area contributed by atoms with Gasteiger partial charge in [0.15, 0.2) is 0 Å². The number of hydrogen-bond acceptors (Lipinski definition) is 2. The molecule has 1 N–H and O–H groups in total. The summed E-state index contributed by atoms with van der Waals surface area (Å²) in [4.78, 5) is 27.6. The van der Waals surface area contributed by atoms with Crippen LogP contribution in [0.3, 0.4) is 0 Å². The number of rotatable bonds is 1. The van der Waals surface area contributed by atoms with E-state index in [1.165, 1.54) is 6.42 Å². The Labute approximate surface area is 113 Å². The minimum atomic E-state index is -0.857. The van der Waals surface area contributed by atoms with Crippen LogP contribution in [0.2, 0.25) is 0 Å². The second-order valence-electron chi connectivity index (χ2n) is 6.36. The van der Waals surface area contributed by atoms with E-state index < -0.39 is 12.0 Å². The third-order valence-corrected chi connectivity index (χ3v) is 5.09. The SMILES string of the molecule is CC1CCCN(C(=O)N2CC3CCC2C3)C1C(=O)O. The van der Waals surface area contributed by atoms with E-state index in [-0.39, 0.29) is 11.9 Å². The summed E-state index contributed by atoms with van der Waals surface area (Å²) in [6, 6.07) is -0.310. The summed E-state index contributed by atoms with van der Waals surface area (Å²) in [5, 5.41) is 9.39. The first-order chi connectivity index (χ1) is 9.08. The van der Waals surface area contributed by atoms with Gasteiger partial charge in [-0.3, -0.25) is 0 Å². The molecule has 19 heavy (non-hydrogen) atoms. The molecule has 1 saturated carbocycles. The lowest BCUT2D eigenvalue weighted by atomic mass is 9.91. The number of hydrogen-bond donors (Lipinski definition) is 1. The van der Waals surface area contributed by atoms with E-state index in [1.54, 1.807) is 4.90 Å². The van der Waals surface area contributed by atoms with E-state index in [2.05, 4.69) is 0 Å². The summed E-state index contributed by atoms with van der Waals surface area (Å²) in [5.74, 6) is -0.153. The second-order valence-corrected chi connectivity index (χ2v) is 6.36. The van der Waals surface area contributed by atoms with Crippen LogP contribution < -0.4 is 0 Å². The van der Waals surface area contributed by atoms with Gasteiger partial charge in [-0.05, 0) is 43.9 Å². The van der Waals surface area contributed by atoms with Crippen LogP contribution in [-0.2, 0) is 4.79 Å². The van der Waals surface area contributed by atoms with Crippen molar-refractivity contribution in [3.8, 4) is 0 Å². The standard InChI is InChI=1S/C14H22N2O3/c1-9-3-2-6-15(12(9)13(17)18)14(19)16-8-10-4-5-11(16)7-10/h9-12H,2-8H2,1H3,(H,17,18). The second kappa shape index (κ2) is 4.69. The highest BCUT2D eigenvalue weighted by Gasteiger charge is 2.45. The van der Waals surface area contributed by atoms with Gasteiger partial charge in [0, 0.05) is 19.1 Å². The smallest absolute Gasteiger partial charge is 0.326 e. The van der Waals surface area contributed by atoms with Gasteiger partial charge >= 0.3 is 12.0 Å². The van der Waals surface area contributed by atoms with Crippen molar-refractivity contribution < 1.29 is 14.7 Å². The molecule has 1 aliphatic carbocycles. The lowest BCUT2D eigenvalue weighted by Gasteiger charge is -2.41. The number of carbonyl (C=O) groups is 2. The lowest BCUT2D eigenvalue weighted by molar-refractivity contribution is -0.145. The van der Waals surface area contributed by atoms with Crippen molar-refractivity contribution >= 4 is 12.0 Å². The number of urea groups is 1. The van der Waals surface area contributed by atoms with Crippen LogP contribution in [0.4, 0.5) is 4.79 Å². The van der Waals surface area contributed by atoms with E-state index in [0.29, 0.717) is 18.5 Å². The van der Waals surface area contributed by atoms with Crippen LogP contribution in [0.25, 0.3) is 0 Å². The Morgan fingerprint density at radius 1 is 1.16 bits per heavy atom. The summed E-state index contributed by atoms with van der Waals surface area (Å²) in [7, 11) is 0. The fourth-order valence-electron chi connectivity index (χ4n) is 4.10. The van der Waals surface area contributed by atoms with E-state index in [9.17, 15) is 14.7 Å². The Morgan fingerprint density at radius 2 is 1.95 bits per heavy atom. The van der Waals surface area contributed by atoms with Crippen molar-refractivity contribution in [2.45, 2.75) is 51.1 Å². The monoisotopic (exact) mass is 266 g/mol. The van der Waals surface area contributed by atoms with Crippen LogP contribution in [0.5, 0.6) is 0 Å². The summed E-state index contributed by atoms with van der Waals surface area (Å²) in [6.07, 6.45) is 5.25. The molecular formula is C14H22N2O3. The van der Waals surface area contributed by atoms with Crippen molar-refractivity contribution in [1.82, 2.24) is 9.80 Å². The van der Waals surface area contributed by atoms with Gasteiger partial charge in [-0.2, -0.15) is 0 Å².